The highest BCUT2D eigenvalue weighted by atomic mass is 19.1. The molecule has 7 nitrogen and oxygen atoms in total. The van der Waals surface area contributed by atoms with Gasteiger partial charge in [-0.25, -0.2) is 18.9 Å². The van der Waals surface area contributed by atoms with Crippen LogP contribution in [0.4, 0.5) is 10.1 Å². The van der Waals surface area contributed by atoms with E-state index in [1.54, 1.807) is 42.9 Å². The van der Waals surface area contributed by atoms with Gasteiger partial charge in [0.05, 0.1) is 23.7 Å². The molecule has 2 aromatic carbocycles. The summed E-state index contributed by atoms with van der Waals surface area (Å²) in [6, 6.07) is 14.1. The Balaban J connectivity index is 1.48. The highest BCUT2D eigenvalue weighted by molar-refractivity contribution is 6.03. The van der Waals surface area contributed by atoms with Crippen molar-refractivity contribution in [2.75, 3.05) is 11.9 Å². The molecule has 2 heterocycles. The van der Waals surface area contributed by atoms with Crippen LogP contribution < -0.4 is 5.32 Å². The van der Waals surface area contributed by atoms with E-state index in [4.69, 9.17) is 4.74 Å². The summed E-state index contributed by atoms with van der Waals surface area (Å²) in [6.45, 7) is 5.43. The predicted molar refractivity (Wildman–Crippen MR) is 123 cm³/mol. The number of fused-ring (bicyclic) bond motifs is 1. The van der Waals surface area contributed by atoms with E-state index < -0.39 is 24.3 Å². The molecule has 4 rings (SSSR count). The molecule has 168 valence electrons. The number of anilines is 1. The minimum atomic E-state index is -0.661. The summed E-state index contributed by atoms with van der Waals surface area (Å²) in [5, 5.41) is 7.45. The Kier molecular flexibility index (Phi) is 6.17. The molecule has 0 saturated heterocycles. The van der Waals surface area contributed by atoms with Crippen LogP contribution in [0.25, 0.3) is 11.0 Å². The first-order chi connectivity index (χ1) is 15.8. The predicted octanol–water partition coefficient (Wildman–Crippen LogP) is 4.34. The zero-order valence-corrected chi connectivity index (χ0v) is 18.6. The van der Waals surface area contributed by atoms with Crippen molar-refractivity contribution >= 4 is 28.6 Å². The van der Waals surface area contributed by atoms with Crippen LogP contribution in [0.2, 0.25) is 0 Å². The van der Waals surface area contributed by atoms with Crippen molar-refractivity contribution in [2.45, 2.75) is 27.3 Å². The molecule has 2 aromatic heterocycles. The molecule has 33 heavy (non-hydrogen) atoms. The average Bonchev–Trinajstić information content (AvgIpc) is 3.18. The number of nitrogens with zero attached hydrogens (tertiary/aromatic N) is 3. The van der Waals surface area contributed by atoms with Gasteiger partial charge in [-0.15, -0.1) is 0 Å². The van der Waals surface area contributed by atoms with Crippen LogP contribution in [0, 0.1) is 26.6 Å². The minimum Gasteiger partial charge on any atom is -0.452 e. The van der Waals surface area contributed by atoms with Crippen molar-refractivity contribution in [3.63, 3.8) is 0 Å². The fourth-order valence-electron chi connectivity index (χ4n) is 3.40. The van der Waals surface area contributed by atoms with Gasteiger partial charge in [0.2, 0.25) is 0 Å². The zero-order chi connectivity index (χ0) is 23.5. The molecule has 0 fully saturated rings. The number of benzene rings is 2. The lowest BCUT2D eigenvalue weighted by molar-refractivity contribution is -0.119. The Morgan fingerprint density at radius 3 is 2.55 bits per heavy atom. The summed E-state index contributed by atoms with van der Waals surface area (Å²) >= 11 is 0. The number of pyridine rings is 1. The highest BCUT2D eigenvalue weighted by Crippen LogP contribution is 2.20. The lowest BCUT2D eigenvalue weighted by Crippen LogP contribution is -2.21. The summed E-state index contributed by atoms with van der Waals surface area (Å²) in [6.07, 6.45) is 1.57. The van der Waals surface area contributed by atoms with Crippen molar-refractivity contribution in [3.05, 3.63) is 88.5 Å². The summed E-state index contributed by atoms with van der Waals surface area (Å²) in [5.41, 5.74) is 4.45. The van der Waals surface area contributed by atoms with Gasteiger partial charge in [0.15, 0.2) is 12.3 Å². The number of rotatable bonds is 6. The van der Waals surface area contributed by atoms with Gasteiger partial charge in [-0.3, -0.25) is 4.79 Å². The Hall–Kier alpha value is -4.07. The first-order valence-corrected chi connectivity index (χ1v) is 10.4. The van der Waals surface area contributed by atoms with Crippen LogP contribution in [0.15, 0.2) is 54.7 Å². The standard InChI is InChI=1S/C25H23FN4O3/c1-15-4-7-18(8-5-15)13-30-24-21(12-27-30)20(10-17(3)28-24)25(32)33-14-23(31)29-19-9-6-16(2)22(26)11-19/h4-12H,13-14H2,1-3H3,(H,29,31). The Morgan fingerprint density at radius 1 is 1.06 bits per heavy atom. The summed E-state index contributed by atoms with van der Waals surface area (Å²) < 4.78 is 20.6. The summed E-state index contributed by atoms with van der Waals surface area (Å²) in [5.74, 6) is -1.66. The van der Waals surface area contributed by atoms with Crippen molar-refractivity contribution in [1.29, 1.82) is 0 Å². The molecular formula is C25H23FN4O3. The molecule has 0 saturated carbocycles. The molecule has 4 aromatic rings. The van der Waals surface area contributed by atoms with Crippen LogP contribution in [0.3, 0.4) is 0 Å². The third kappa shape index (κ3) is 5.06. The molecule has 0 radical (unpaired) electrons. The first kappa shape index (κ1) is 22.1. The second-order valence-electron chi connectivity index (χ2n) is 7.92. The fourth-order valence-corrected chi connectivity index (χ4v) is 3.40. The Labute approximate surface area is 190 Å². The quantitative estimate of drug-likeness (QED) is 0.445. The molecule has 0 aliphatic rings. The van der Waals surface area contributed by atoms with Crippen LogP contribution >= 0.6 is 0 Å². The molecule has 0 atom stereocenters. The SMILES string of the molecule is Cc1ccc(Cn2ncc3c(C(=O)OCC(=O)Nc4ccc(C)c(F)c4)cc(C)nc32)cc1. The molecule has 8 heteroatoms. The van der Waals surface area contributed by atoms with Gasteiger partial charge < -0.3 is 10.1 Å². The zero-order valence-electron chi connectivity index (χ0n) is 18.6. The molecule has 0 spiro atoms. The second kappa shape index (κ2) is 9.20. The lowest BCUT2D eigenvalue weighted by Gasteiger charge is -2.09. The number of esters is 1. The van der Waals surface area contributed by atoms with Gasteiger partial charge in [0, 0.05) is 11.4 Å². The van der Waals surface area contributed by atoms with Gasteiger partial charge in [0.25, 0.3) is 5.91 Å². The van der Waals surface area contributed by atoms with E-state index >= 15 is 0 Å². The first-order valence-electron chi connectivity index (χ1n) is 10.4. The van der Waals surface area contributed by atoms with Gasteiger partial charge in [-0.05, 0) is 50.1 Å². The van der Waals surface area contributed by atoms with E-state index in [1.165, 1.54) is 11.6 Å². The van der Waals surface area contributed by atoms with Gasteiger partial charge >= 0.3 is 5.97 Å². The normalized spacial score (nSPS) is 10.9. The smallest absolute Gasteiger partial charge is 0.339 e. The number of halogens is 1. The third-order valence-electron chi connectivity index (χ3n) is 5.20. The number of ether oxygens (including phenoxy) is 1. The number of aryl methyl sites for hydroxylation is 3. The molecular weight excluding hydrogens is 423 g/mol. The van der Waals surface area contributed by atoms with E-state index in [-0.39, 0.29) is 5.56 Å². The van der Waals surface area contributed by atoms with Crippen molar-refractivity contribution in [2.24, 2.45) is 0 Å². The summed E-state index contributed by atoms with van der Waals surface area (Å²) in [4.78, 5) is 29.4. The Morgan fingerprint density at radius 2 is 1.82 bits per heavy atom. The number of nitrogens with one attached hydrogen (secondary N) is 1. The second-order valence-corrected chi connectivity index (χ2v) is 7.92. The largest absolute Gasteiger partial charge is 0.452 e. The summed E-state index contributed by atoms with van der Waals surface area (Å²) in [7, 11) is 0. The number of aromatic nitrogens is 3. The molecule has 0 bridgehead atoms. The molecule has 1 amide bonds. The molecule has 1 N–H and O–H groups in total. The van der Waals surface area contributed by atoms with Crippen LogP contribution in [-0.2, 0) is 16.1 Å². The number of carbonyl (C=O) groups is 2. The van der Waals surface area contributed by atoms with Gasteiger partial charge in [0.1, 0.15) is 5.82 Å². The van der Waals surface area contributed by atoms with Gasteiger partial charge in [-0.1, -0.05) is 35.9 Å². The lowest BCUT2D eigenvalue weighted by atomic mass is 10.1. The Bertz CT molecular complexity index is 1350. The van der Waals surface area contributed by atoms with E-state index in [9.17, 15) is 14.0 Å². The number of amides is 1. The van der Waals surface area contributed by atoms with Crippen molar-refractivity contribution in [1.82, 2.24) is 14.8 Å². The third-order valence-corrected chi connectivity index (χ3v) is 5.20. The topological polar surface area (TPSA) is 86.1 Å². The average molecular weight is 446 g/mol. The van der Waals surface area contributed by atoms with Crippen molar-refractivity contribution < 1.29 is 18.7 Å². The number of hydrogen-bond acceptors (Lipinski definition) is 5. The molecule has 0 aliphatic carbocycles. The van der Waals surface area contributed by atoms with Crippen LogP contribution in [0.1, 0.15) is 32.7 Å². The number of hydrogen-bond donors (Lipinski definition) is 1. The van der Waals surface area contributed by atoms with Crippen molar-refractivity contribution in [3.8, 4) is 0 Å². The number of carbonyl (C=O) groups excluding carboxylic acids is 2. The van der Waals surface area contributed by atoms with E-state index in [1.807, 2.05) is 31.2 Å². The fraction of sp³-hybridized carbons (Fsp3) is 0.200. The van der Waals surface area contributed by atoms with E-state index in [0.717, 1.165) is 5.56 Å². The van der Waals surface area contributed by atoms with E-state index in [2.05, 4.69) is 15.4 Å². The van der Waals surface area contributed by atoms with E-state index in [0.29, 0.717) is 34.5 Å². The maximum absolute atomic E-state index is 13.7. The highest BCUT2D eigenvalue weighted by Gasteiger charge is 2.18. The molecule has 0 unspecified atom stereocenters. The van der Waals surface area contributed by atoms with Gasteiger partial charge in [-0.2, -0.15) is 5.10 Å². The monoisotopic (exact) mass is 446 g/mol. The minimum absolute atomic E-state index is 0.279. The maximum atomic E-state index is 13.7. The molecule has 0 aliphatic heterocycles. The maximum Gasteiger partial charge on any atom is 0.339 e. The van der Waals surface area contributed by atoms with Crippen LogP contribution in [-0.4, -0.2) is 33.2 Å². The van der Waals surface area contributed by atoms with Crippen LogP contribution in [0.5, 0.6) is 0 Å².